The van der Waals surface area contributed by atoms with Crippen molar-refractivity contribution in [3.63, 3.8) is 0 Å². The summed E-state index contributed by atoms with van der Waals surface area (Å²) >= 11 is 5.30. The second-order valence-electron chi connectivity index (χ2n) is 5.81. The lowest BCUT2D eigenvalue weighted by Crippen LogP contribution is -2.51. The summed E-state index contributed by atoms with van der Waals surface area (Å²) in [6.45, 7) is 3.85. The van der Waals surface area contributed by atoms with Crippen LogP contribution in [0.25, 0.3) is 0 Å². The highest BCUT2D eigenvalue weighted by Crippen LogP contribution is 2.33. The van der Waals surface area contributed by atoms with Crippen molar-refractivity contribution >= 4 is 29.3 Å². The van der Waals surface area contributed by atoms with Gasteiger partial charge >= 0.3 is 11.9 Å². The van der Waals surface area contributed by atoms with Crippen molar-refractivity contribution in [1.29, 1.82) is 0 Å². The van der Waals surface area contributed by atoms with Gasteiger partial charge in [-0.2, -0.15) is 0 Å². The minimum Gasteiger partial charge on any atom is -0.482 e. The number of benzene rings is 1. The molecule has 0 aliphatic carbocycles. The number of ether oxygens (including phenoxy) is 3. The van der Waals surface area contributed by atoms with E-state index in [-0.39, 0.29) is 19.2 Å². The molecule has 0 unspecified atom stereocenters. The molecule has 27 heavy (non-hydrogen) atoms. The third kappa shape index (κ3) is 5.43. The molecular weight excluding hydrogens is 368 g/mol. The fourth-order valence-electron chi connectivity index (χ4n) is 2.82. The fourth-order valence-corrected chi connectivity index (χ4v) is 3.06. The Hall–Kier alpha value is -2.61. The zero-order valence-corrected chi connectivity index (χ0v) is 16.4. The largest absolute Gasteiger partial charge is 0.482 e. The van der Waals surface area contributed by atoms with Crippen LogP contribution < -0.4 is 15.4 Å². The van der Waals surface area contributed by atoms with Crippen molar-refractivity contribution in [1.82, 2.24) is 10.6 Å². The maximum absolute atomic E-state index is 12.6. The van der Waals surface area contributed by atoms with Gasteiger partial charge in [0.1, 0.15) is 11.7 Å². The van der Waals surface area contributed by atoms with Crippen LogP contribution in [-0.2, 0) is 19.1 Å². The zero-order valence-electron chi connectivity index (χ0n) is 15.6. The van der Waals surface area contributed by atoms with E-state index in [1.165, 1.54) is 7.11 Å². The number of carbonyl (C=O) groups excluding carboxylic acids is 2. The van der Waals surface area contributed by atoms with E-state index in [1.54, 1.807) is 25.1 Å². The highest BCUT2D eigenvalue weighted by atomic mass is 32.1. The Morgan fingerprint density at radius 2 is 2.07 bits per heavy atom. The summed E-state index contributed by atoms with van der Waals surface area (Å²) in [7, 11) is 1.30. The van der Waals surface area contributed by atoms with E-state index in [9.17, 15) is 9.59 Å². The molecule has 2 atom stereocenters. The number of allylic oxidation sites excluding steroid dienone is 1. The van der Waals surface area contributed by atoms with Gasteiger partial charge < -0.3 is 24.8 Å². The van der Waals surface area contributed by atoms with E-state index in [1.807, 2.05) is 19.1 Å². The first-order valence-electron chi connectivity index (χ1n) is 8.73. The SMILES string of the molecule is CC/C=C1/NC(=S)N[C@H](c2cccc(OCC(=O)OC)c2)[C@H]1C(=O)OCC. The summed E-state index contributed by atoms with van der Waals surface area (Å²) in [4.78, 5) is 23.9. The predicted octanol–water partition coefficient (Wildman–Crippen LogP) is 2.23. The predicted molar refractivity (Wildman–Crippen MR) is 104 cm³/mol. The number of esters is 2. The molecule has 0 saturated carbocycles. The Labute approximate surface area is 164 Å². The molecule has 1 heterocycles. The molecule has 0 spiro atoms. The zero-order chi connectivity index (χ0) is 19.8. The van der Waals surface area contributed by atoms with Gasteiger partial charge in [-0.15, -0.1) is 0 Å². The highest BCUT2D eigenvalue weighted by Gasteiger charge is 2.38. The van der Waals surface area contributed by atoms with Gasteiger partial charge in [-0.25, -0.2) is 4.79 Å². The number of hydrogen-bond donors (Lipinski definition) is 2. The Kier molecular flexibility index (Phi) is 7.60. The normalized spacial score (nSPS) is 20.4. The van der Waals surface area contributed by atoms with E-state index >= 15 is 0 Å². The van der Waals surface area contributed by atoms with Crippen LogP contribution in [0, 0.1) is 5.92 Å². The van der Waals surface area contributed by atoms with Gasteiger partial charge in [0, 0.05) is 5.70 Å². The highest BCUT2D eigenvalue weighted by molar-refractivity contribution is 7.80. The first-order valence-corrected chi connectivity index (χ1v) is 9.14. The number of thiocarbonyl (C=S) groups is 1. The standard InChI is InChI=1S/C19H24N2O5S/c1-4-7-14-16(18(23)25-5-2)17(21-19(27)20-14)12-8-6-9-13(10-12)26-11-15(22)24-3/h6-10,16-17H,4-5,11H2,1-3H3,(H2,20,21,27)/b14-7+/t16-,17+/m0/s1. The molecule has 1 aromatic carbocycles. The molecule has 0 bridgehead atoms. The molecule has 0 aromatic heterocycles. The second-order valence-corrected chi connectivity index (χ2v) is 6.22. The number of hydrogen-bond acceptors (Lipinski definition) is 6. The molecular formula is C19H24N2O5S. The lowest BCUT2D eigenvalue weighted by Gasteiger charge is -2.35. The first-order chi connectivity index (χ1) is 13.0. The summed E-state index contributed by atoms with van der Waals surface area (Å²) in [6.07, 6.45) is 2.68. The maximum atomic E-state index is 12.6. The molecule has 8 heteroatoms. The number of rotatable bonds is 7. The molecule has 2 N–H and O–H groups in total. The molecule has 1 aliphatic heterocycles. The average molecular weight is 392 g/mol. The van der Waals surface area contributed by atoms with Crippen molar-refractivity contribution in [3.8, 4) is 5.75 Å². The van der Waals surface area contributed by atoms with Gasteiger partial charge in [-0.05, 0) is 43.3 Å². The summed E-state index contributed by atoms with van der Waals surface area (Å²) < 4.78 is 15.3. The van der Waals surface area contributed by atoms with Gasteiger partial charge in [0.15, 0.2) is 11.7 Å². The maximum Gasteiger partial charge on any atom is 0.343 e. The average Bonchev–Trinajstić information content (AvgIpc) is 2.66. The minimum absolute atomic E-state index is 0.194. The third-order valence-electron chi connectivity index (χ3n) is 3.98. The fraction of sp³-hybridized carbons (Fsp3) is 0.421. The van der Waals surface area contributed by atoms with E-state index in [4.69, 9.17) is 21.7 Å². The Morgan fingerprint density at radius 1 is 1.30 bits per heavy atom. The summed E-state index contributed by atoms with van der Waals surface area (Å²) in [5.41, 5.74) is 1.51. The van der Waals surface area contributed by atoms with Gasteiger partial charge in [-0.3, -0.25) is 4.79 Å². The van der Waals surface area contributed by atoms with Crippen LogP contribution >= 0.6 is 12.2 Å². The molecule has 146 valence electrons. The number of methoxy groups -OCH3 is 1. The third-order valence-corrected chi connectivity index (χ3v) is 4.20. The van der Waals surface area contributed by atoms with E-state index < -0.39 is 17.9 Å². The molecule has 1 saturated heterocycles. The van der Waals surface area contributed by atoms with Crippen LogP contribution in [0.5, 0.6) is 5.75 Å². The molecule has 0 amide bonds. The molecule has 7 nitrogen and oxygen atoms in total. The van der Waals surface area contributed by atoms with Crippen LogP contribution in [0.1, 0.15) is 31.9 Å². The lowest BCUT2D eigenvalue weighted by atomic mass is 9.88. The van der Waals surface area contributed by atoms with Crippen molar-refractivity contribution in [2.45, 2.75) is 26.3 Å². The van der Waals surface area contributed by atoms with Gasteiger partial charge in [0.05, 0.1) is 19.8 Å². The van der Waals surface area contributed by atoms with Crippen molar-refractivity contribution in [2.75, 3.05) is 20.3 Å². The molecule has 2 rings (SSSR count). The van der Waals surface area contributed by atoms with E-state index in [0.29, 0.717) is 16.6 Å². The summed E-state index contributed by atoms with van der Waals surface area (Å²) in [5, 5.41) is 6.63. The first kappa shape index (κ1) is 20.7. The summed E-state index contributed by atoms with van der Waals surface area (Å²) in [6, 6.07) is 6.74. The van der Waals surface area contributed by atoms with Gasteiger partial charge in [0.2, 0.25) is 0 Å². The molecule has 1 fully saturated rings. The Balaban J connectivity index is 2.34. The van der Waals surface area contributed by atoms with Gasteiger partial charge in [0.25, 0.3) is 0 Å². The van der Waals surface area contributed by atoms with Crippen LogP contribution in [0.2, 0.25) is 0 Å². The molecule has 0 radical (unpaired) electrons. The van der Waals surface area contributed by atoms with Crippen molar-refractivity contribution in [3.05, 3.63) is 41.6 Å². The van der Waals surface area contributed by atoms with Gasteiger partial charge in [-0.1, -0.05) is 25.1 Å². The second kappa shape index (κ2) is 9.91. The number of nitrogens with one attached hydrogen (secondary N) is 2. The topological polar surface area (TPSA) is 85.9 Å². The molecule has 1 aliphatic rings. The van der Waals surface area contributed by atoms with Crippen molar-refractivity contribution < 1.29 is 23.8 Å². The van der Waals surface area contributed by atoms with Crippen LogP contribution in [0.15, 0.2) is 36.0 Å². The van der Waals surface area contributed by atoms with Crippen LogP contribution in [0.4, 0.5) is 0 Å². The quantitative estimate of drug-likeness (QED) is 0.540. The smallest absolute Gasteiger partial charge is 0.343 e. The monoisotopic (exact) mass is 392 g/mol. The van der Waals surface area contributed by atoms with Crippen molar-refractivity contribution in [2.24, 2.45) is 5.92 Å². The lowest BCUT2D eigenvalue weighted by molar-refractivity contribution is -0.148. The number of carbonyl (C=O) groups is 2. The van der Waals surface area contributed by atoms with E-state index in [0.717, 1.165) is 12.0 Å². The minimum atomic E-state index is -0.576. The van der Waals surface area contributed by atoms with Crippen LogP contribution in [0.3, 0.4) is 0 Å². The summed E-state index contributed by atoms with van der Waals surface area (Å²) in [5.74, 6) is -0.898. The molecule has 1 aromatic rings. The Morgan fingerprint density at radius 3 is 2.74 bits per heavy atom. The Bertz CT molecular complexity index is 735. The van der Waals surface area contributed by atoms with E-state index in [2.05, 4.69) is 15.4 Å². The van der Waals surface area contributed by atoms with Crippen LogP contribution in [-0.4, -0.2) is 37.4 Å².